The molecule has 4 aromatic rings. The first-order chi connectivity index (χ1) is 27.1. The summed E-state index contributed by atoms with van der Waals surface area (Å²) in [6, 6.07) is 17.0. The molecule has 0 radical (unpaired) electrons. The fraction of sp³-hybridized carbons (Fsp3) is 0.256. The number of hydrogen-bond acceptors (Lipinski definition) is 10. The largest absolute Gasteiger partial charge is 0.508 e. The average molecular weight is 821 g/mol. The molecule has 1 saturated carbocycles. The summed E-state index contributed by atoms with van der Waals surface area (Å²) in [7, 11) is -0.477. The molecule has 3 fully saturated rings. The molecule has 6 atom stereocenters. The Hall–Kier alpha value is -5.42. The van der Waals surface area contributed by atoms with Gasteiger partial charge < -0.3 is 19.9 Å². The van der Waals surface area contributed by atoms with E-state index in [-0.39, 0.29) is 41.1 Å². The molecule has 1 aromatic heterocycles. The number of fused-ring (bicyclic) bond motifs is 4. The number of benzene rings is 3. The normalized spacial score (nSPS) is 25.5. The van der Waals surface area contributed by atoms with Crippen LogP contribution in [-0.4, -0.2) is 63.0 Å². The minimum Gasteiger partial charge on any atom is -0.508 e. The molecule has 2 aliphatic carbocycles. The predicted octanol–water partition coefficient (Wildman–Crippen LogP) is 4.99. The first kappa shape index (κ1) is 38.5. The highest BCUT2D eigenvalue weighted by molar-refractivity contribution is 6.58. The third-order valence-corrected chi connectivity index (χ3v) is 12.1. The lowest BCUT2D eigenvalue weighted by molar-refractivity contribution is -0.139. The molecule has 4 aliphatic rings. The summed E-state index contributed by atoms with van der Waals surface area (Å²) >= 11 is 12.6. The van der Waals surface area contributed by atoms with Crippen molar-refractivity contribution < 1.29 is 52.2 Å². The maximum absolute atomic E-state index is 15.3. The first-order valence-electron chi connectivity index (χ1n) is 17.6. The van der Waals surface area contributed by atoms with Crippen LogP contribution in [0.4, 0.5) is 24.7 Å². The van der Waals surface area contributed by atoms with E-state index >= 15 is 4.79 Å². The number of carbonyl (C=O) groups is 4. The van der Waals surface area contributed by atoms with Crippen molar-refractivity contribution in [3.05, 3.63) is 117 Å². The van der Waals surface area contributed by atoms with Gasteiger partial charge in [-0.15, -0.1) is 0 Å². The number of methoxy groups -OCH3 is 1. The zero-order chi connectivity index (χ0) is 40.7. The number of nitrogens with one attached hydrogen (secondary N) is 1. The summed E-state index contributed by atoms with van der Waals surface area (Å²) in [4.78, 5) is 63.6. The number of hydrogen-bond donors (Lipinski definition) is 4. The maximum Gasteiger partial charge on any atom is 0.488 e. The Morgan fingerprint density at radius 2 is 1.68 bits per heavy atom. The number of halogens is 5. The van der Waals surface area contributed by atoms with Crippen molar-refractivity contribution in [1.29, 1.82) is 0 Å². The Bertz CT molecular complexity index is 2400. The number of alkyl halides is 3. The number of phenols is 1. The second-order valence-electron chi connectivity index (χ2n) is 14.3. The van der Waals surface area contributed by atoms with E-state index in [2.05, 4.69) is 10.4 Å². The predicted molar refractivity (Wildman–Crippen MR) is 200 cm³/mol. The fourth-order valence-electron chi connectivity index (χ4n) is 9.10. The van der Waals surface area contributed by atoms with Crippen molar-refractivity contribution in [2.45, 2.75) is 30.4 Å². The Labute approximate surface area is 332 Å². The number of pyridine rings is 1. The van der Waals surface area contributed by atoms with Gasteiger partial charge in [-0.05, 0) is 66.2 Å². The van der Waals surface area contributed by atoms with Crippen molar-refractivity contribution in [3.63, 3.8) is 0 Å². The molecule has 292 valence electrons. The zero-order valence-electron chi connectivity index (χ0n) is 29.6. The Morgan fingerprint density at radius 3 is 2.33 bits per heavy atom. The standard InChI is InChI=1S/C39H30BCl2F3N4O8/c1-57-23-9-10-25(30(50)15-23)32-24-11-12-26-31(36(53)48(34(26)51)22-4-2-3-20(14-22)40(55)56)27(24)16-28-35(52)49(37(54)38(28,32)18-5-7-21(41)8-6-18)47-33-29(42)13-19(17-46-33)39(43,44)45/h2-11,13-15,17,26-28,31-32,50,55-56H,12,16H2,1H3,(H,46,47)/t26-,27+,28-,31-,32+,38+/m0/s1. The van der Waals surface area contributed by atoms with Crippen LogP contribution in [0, 0.1) is 23.7 Å². The second kappa shape index (κ2) is 13.9. The Balaban J connectivity index is 1.31. The number of nitrogens with zero attached hydrogens (tertiary/aromatic N) is 3. The number of aromatic hydroxyl groups is 1. The van der Waals surface area contributed by atoms with Crippen LogP contribution in [0.25, 0.3) is 0 Å². The van der Waals surface area contributed by atoms with Crippen molar-refractivity contribution in [2.24, 2.45) is 23.7 Å². The maximum atomic E-state index is 15.3. The number of hydrazine groups is 1. The van der Waals surface area contributed by atoms with Gasteiger partial charge in [0.15, 0.2) is 5.82 Å². The van der Waals surface area contributed by atoms with E-state index in [0.717, 1.165) is 4.90 Å². The van der Waals surface area contributed by atoms with Gasteiger partial charge in [-0.2, -0.15) is 18.2 Å². The van der Waals surface area contributed by atoms with Gasteiger partial charge in [-0.3, -0.25) is 29.5 Å². The molecule has 12 nitrogen and oxygen atoms in total. The van der Waals surface area contributed by atoms with Crippen molar-refractivity contribution in [2.75, 3.05) is 17.4 Å². The number of ether oxygens (including phenoxy) is 1. The van der Waals surface area contributed by atoms with Crippen molar-refractivity contribution in [3.8, 4) is 11.5 Å². The summed E-state index contributed by atoms with van der Waals surface area (Å²) in [5, 5.41) is 31.7. The summed E-state index contributed by atoms with van der Waals surface area (Å²) < 4.78 is 45.8. The lowest BCUT2D eigenvalue weighted by Crippen LogP contribution is -2.53. The van der Waals surface area contributed by atoms with Gasteiger partial charge in [0.25, 0.3) is 11.8 Å². The van der Waals surface area contributed by atoms with Crippen LogP contribution in [0.1, 0.15) is 35.4 Å². The number of aromatic nitrogens is 1. The first-order valence-corrected chi connectivity index (χ1v) is 18.4. The molecule has 18 heteroatoms. The number of imide groups is 2. The minimum absolute atomic E-state index is 0.0455. The van der Waals surface area contributed by atoms with E-state index in [0.29, 0.717) is 33.4 Å². The highest BCUT2D eigenvalue weighted by atomic mass is 35.5. The Morgan fingerprint density at radius 1 is 0.947 bits per heavy atom. The van der Waals surface area contributed by atoms with Gasteiger partial charge in [0.05, 0.1) is 46.6 Å². The molecule has 4 N–H and O–H groups in total. The number of amides is 4. The summed E-state index contributed by atoms with van der Waals surface area (Å²) in [5.41, 5.74) is 0.702. The Kier molecular flexibility index (Phi) is 9.38. The van der Waals surface area contributed by atoms with Crippen LogP contribution < -0.4 is 20.5 Å². The van der Waals surface area contributed by atoms with Crippen molar-refractivity contribution in [1.82, 2.24) is 9.99 Å². The molecule has 2 aliphatic heterocycles. The molecule has 3 aromatic carbocycles. The number of carbonyl (C=O) groups excluding carboxylic acids is 4. The van der Waals surface area contributed by atoms with Gasteiger partial charge in [0.2, 0.25) is 11.8 Å². The topological polar surface area (TPSA) is 170 Å². The molecule has 3 heterocycles. The van der Waals surface area contributed by atoms with Crippen LogP contribution >= 0.6 is 23.2 Å². The molecule has 4 amide bonds. The number of rotatable bonds is 7. The lowest BCUT2D eigenvalue weighted by atomic mass is 9.49. The third kappa shape index (κ3) is 5.96. The second-order valence-corrected chi connectivity index (χ2v) is 15.2. The van der Waals surface area contributed by atoms with Gasteiger partial charge in [0.1, 0.15) is 11.5 Å². The fourth-order valence-corrected chi connectivity index (χ4v) is 9.44. The van der Waals surface area contributed by atoms with E-state index in [1.165, 1.54) is 49.6 Å². The quantitative estimate of drug-likeness (QED) is 0.113. The summed E-state index contributed by atoms with van der Waals surface area (Å²) in [5.74, 6) is -8.51. The van der Waals surface area contributed by atoms with E-state index in [1.54, 1.807) is 30.3 Å². The smallest absolute Gasteiger partial charge is 0.488 e. The van der Waals surface area contributed by atoms with E-state index in [4.69, 9.17) is 27.9 Å². The van der Waals surface area contributed by atoms with E-state index < -0.39 is 88.3 Å². The molecule has 2 saturated heterocycles. The van der Waals surface area contributed by atoms with E-state index in [1.807, 2.05) is 0 Å². The van der Waals surface area contributed by atoms with Crippen LogP contribution in [0.15, 0.2) is 90.6 Å². The number of anilines is 2. The average Bonchev–Trinajstić information content (AvgIpc) is 3.56. The number of phenolic OH excluding ortho intramolecular Hbond substituents is 1. The van der Waals surface area contributed by atoms with Crippen LogP contribution in [0.2, 0.25) is 10.0 Å². The molecule has 8 rings (SSSR count). The van der Waals surface area contributed by atoms with Gasteiger partial charge in [-0.1, -0.05) is 65.2 Å². The highest BCUT2D eigenvalue weighted by Crippen LogP contribution is 2.65. The SMILES string of the molecule is COc1ccc([C@H]2C3=CC[C@@H]4C(=O)N(c5cccc(B(O)O)c5)C(=O)[C@@H]4[C@@H]3C[C@H]3C(=O)N(Nc4ncc(C(F)(F)F)cc4Cl)C(=O)[C@@]23c2ccc(Cl)cc2)c(O)c1. The van der Waals surface area contributed by atoms with E-state index in [9.17, 15) is 42.7 Å². The summed E-state index contributed by atoms with van der Waals surface area (Å²) in [6.07, 6.45) is -2.62. The van der Waals surface area contributed by atoms with Crippen LogP contribution in [-0.2, 0) is 30.8 Å². The molecular formula is C39H30BCl2F3N4O8. The van der Waals surface area contributed by atoms with Gasteiger partial charge in [-0.25, -0.2) is 4.98 Å². The minimum atomic E-state index is -4.78. The monoisotopic (exact) mass is 820 g/mol. The molecule has 0 unspecified atom stereocenters. The molecule has 0 bridgehead atoms. The zero-order valence-corrected chi connectivity index (χ0v) is 31.1. The van der Waals surface area contributed by atoms with Gasteiger partial charge in [0, 0.05) is 28.8 Å². The highest BCUT2D eigenvalue weighted by Gasteiger charge is 2.70. The third-order valence-electron chi connectivity index (χ3n) is 11.5. The molecule has 0 spiro atoms. The van der Waals surface area contributed by atoms with Crippen LogP contribution in [0.5, 0.6) is 11.5 Å². The molecule has 57 heavy (non-hydrogen) atoms. The summed E-state index contributed by atoms with van der Waals surface area (Å²) in [6.45, 7) is 0. The lowest BCUT2D eigenvalue weighted by Gasteiger charge is -2.50. The van der Waals surface area contributed by atoms with Gasteiger partial charge >= 0.3 is 13.3 Å². The molecular weight excluding hydrogens is 791 g/mol. The van der Waals surface area contributed by atoms with Crippen molar-refractivity contribution >= 4 is 70.9 Å². The van der Waals surface area contributed by atoms with Crippen LogP contribution in [0.3, 0.4) is 0 Å². The number of allylic oxidation sites excluding steroid dienone is 2.